The van der Waals surface area contributed by atoms with Crippen molar-refractivity contribution in [1.29, 1.82) is 0 Å². The summed E-state index contributed by atoms with van der Waals surface area (Å²) in [4.78, 5) is 2.64. The molecule has 1 aliphatic heterocycles. The van der Waals surface area contributed by atoms with E-state index in [1.165, 1.54) is 25.9 Å². The predicted octanol–water partition coefficient (Wildman–Crippen LogP) is 2.49. The second-order valence-electron chi connectivity index (χ2n) is 6.16. The van der Waals surface area contributed by atoms with E-state index in [-0.39, 0.29) is 0 Å². The molecule has 2 nitrogen and oxygen atoms in total. The van der Waals surface area contributed by atoms with Gasteiger partial charge in [-0.05, 0) is 31.7 Å². The second-order valence-corrected chi connectivity index (χ2v) is 6.16. The molecule has 1 atom stereocenters. The molecule has 2 heteroatoms. The summed E-state index contributed by atoms with van der Waals surface area (Å²) in [6.45, 7) is 15.2. The van der Waals surface area contributed by atoms with Crippen molar-refractivity contribution in [2.75, 3.05) is 19.6 Å². The standard InChI is InChI=1S/C13H28N2/c1-11(2)14-9-13(4,5)10-15-8-6-7-12(15)3/h11-12,14H,6-10H2,1-5H3. The molecular formula is C13H28N2. The number of rotatable bonds is 5. The molecular weight excluding hydrogens is 184 g/mol. The summed E-state index contributed by atoms with van der Waals surface area (Å²) in [7, 11) is 0. The molecule has 0 radical (unpaired) electrons. The van der Waals surface area contributed by atoms with E-state index in [0.29, 0.717) is 11.5 Å². The van der Waals surface area contributed by atoms with Crippen molar-refractivity contribution in [3.63, 3.8) is 0 Å². The largest absolute Gasteiger partial charge is 0.314 e. The Morgan fingerprint density at radius 1 is 1.40 bits per heavy atom. The molecule has 0 aliphatic carbocycles. The fourth-order valence-corrected chi connectivity index (χ4v) is 2.31. The lowest BCUT2D eigenvalue weighted by molar-refractivity contribution is 0.167. The average molecular weight is 212 g/mol. The normalized spacial score (nSPS) is 24.0. The van der Waals surface area contributed by atoms with Crippen LogP contribution in [-0.2, 0) is 0 Å². The Labute approximate surface area is 95.4 Å². The monoisotopic (exact) mass is 212 g/mol. The van der Waals surface area contributed by atoms with Crippen LogP contribution in [0.1, 0.15) is 47.5 Å². The van der Waals surface area contributed by atoms with Crippen LogP contribution in [0.25, 0.3) is 0 Å². The van der Waals surface area contributed by atoms with Gasteiger partial charge < -0.3 is 10.2 Å². The highest BCUT2D eigenvalue weighted by atomic mass is 15.2. The summed E-state index contributed by atoms with van der Waals surface area (Å²) >= 11 is 0. The van der Waals surface area contributed by atoms with Crippen molar-refractivity contribution >= 4 is 0 Å². The van der Waals surface area contributed by atoms with Crippen LogP contribution in [-0.4, -0.2) is 36.6 Å². The third-order valence-corrected chi connectivity index (χ3v) is 3.31. The van der Waals surface area contributed by atoms with Crippen molar-refractivity contribution in [2.24, 2.45) is 5.41 Å². The van der Waals surface area contributed by atoms with Crippen LogP contribution >= 0.6 is 0 Å². The average Bonchev–Trinajstić information content (AvgIpc) is 2.48. The van der Waals surface area contributed by atoms with E-state index in [1.54, 1.807) is 0 Å². The highest BCUT2D eigenvalue weighted by molar-refractivity contribution is 4.83. The van der Waals surface area contributed by atoms with E-state index < -0.39 is 0 Å². The summed E-state index contributed by atoms with van der Waals surface area (Å²) in [5.41, 5.74) is 0.392. The summed E-state index contributed by atoms with van der Waals surface area (Å²) in [5, 5.41) is 3.55. The lowest BCUT2D eigenvalue weighted by Crippen LogP contribution is -2.43. The maximum Gasteiger partial charge on any atom is 0.00676 e. The molecule has 0 spiro atoms. The number of likely N-dealkylation sites (tertiary alicyclic amines) is 1. The minimum absolute atomic E-state index is 0.392. The third kappa shape index (κ3) is 4.52. The Balaban J connectivity index is 2.34. The van der Waals surface area contributed by atoms with Gasteiger partial charge in [0.25, 0.3) is 0 Å². The molecule has 0 aromatic heterocycles. The topological polar surface area (TPSA) is 15.3 Å². The van der Waals surface area contributed by atoms with E-state index in [1.807, 2.05) is 0 Å². The summed E-state index contributed by atoms with van der Waals surface area (Å²) in [5.74, 6) is 0. The lowest BCUT2D eigenvalue weighted by atomic mass is 9.92. The van der Waals surface area contributed by atoms with Gasteiger partial charge in [-0.3, -0.25) is 0 Å². The molecule has 1 fully saturated rings. The van der Waals surface area contributed by atoms with Crippen molar-refractivity contribution in [2.45, 2.75) is 59.5 Å². The van der Waals surface area contributed by atoms with Gasteiger partial charge in [0.2, 0.25) is 0 Å². The van der Waals surface area contributed by atoms with Gasteiger partial charge >= 0.3 is 0 Å². The fraction of sp³-hybridized carbons (Fsp3) is 1.00. The highest BCUT2D eigenvalue weighted by Crippen LogP contribution is 2.23. The molecule has 0 aromatic rings. The second kappa shape index (κ2) is 5.31. The lowest BCUT2D eigenvalue weighted by Gasteiger charge is -2.33. The van der Waals surface area contributed by atoms with E-state index in [9.17, 15) is 0 Å². The Bertz CT molecular complexity index is 187. The number of hydrogen-bond acceptors (Lipinski definition) is 2. The molecule has 1 unspecified atom stereocenters. The van der Waals surface area contributed by atoms with Gasteiger partial charge in [-0.2, -0.15) is 0 Å². The van der Waals surface area contributed by atoms with E-state index in [2.05, 4.69) is 44.8 Å². The van der Waals surface area contributed by atoms with Gasteiger partial charge in [0, 0.05) is 25.2 Å². The minimum Gasteiger partial charge on any atom is -0.314 e. The van der Waals surface area contributed by atoms with Crippen molar-refractivity contribution < 1.29 is 0 Å². The van der Waals surface area contributed by atoms with Crippen LogP contribution in [0.4, 0.5) is 0 Å². The molecule has 15 heavy (non-hydrogen) atoms. The molecule has 90 valence electrons. The SMILES string of the molecule is CC(C)NCC(C)(C)CN1CCCC1C. The molecule has 1 N–H and O–H groups in total. The Morgan fingerprint density at radius 3 is 2.53 bits per heavy atom. The molecule has 1 saturated heterocycles. The predicted molar refractivity (Wildman–Crippen MR) is 67.2 cm³/mol. The van der Waals surface area contributed by atoms with Gasteiger partial charge in [0.1, 0.15) is 0 Å². The van der Waals surface area contributed by atoms with Gasteiger partial charge in [-0.1, -0.05) is 27.7 Å². The Kier molecular flexibility index (Phi) is 4.60. The van der Waals surface area contributed by atoms with Crippen LogP contribution in [0, 0.1) is 5.41 Å². The van der Waals surface area contributed by atoms with Crippen molar-refractivity contribution in [3.8, 4) is 0 Å². The Morgan fingerprint density at radius 2 is 2.07 bits per heavy atom. The van der Waals surface area contributed by atoms with Gasteiger partial charge in [0.05, 0.1) is 0 Å². The molecule has 0 amide bonds. The summed E-state index contributed by atoms with van der Waals surface area (Å²) in [6.07, 6.45) is 2.77. The molecule has 1 rings (SSSR count). The highest BCUT2D eigenvalue weighted by Gasteiger charge is 2.27. The number of hydrogen-bond donors (Lipinski definition) is 1. The fourth-order valence-electron chi connectivity index (χ4n) is 2.31. The van der Waals surface area contributed by atoms with E-state index in [0.717, 1.165) is 12.6 Å². The summed E-state index contributed by atoms with van der Waals surface area (Å²) in [6, 6.07) is 1.39. The van der Waals surface area contributed by atoms with E-state index in [4.69, 9.17) is 0 Å². The number of nitrogens with one attached hydrogen (secondary N) is 1. The molecule has 0 aromatic carbocycles. The molecule has 1 heterocycles. The van der Waals surface area contributed by atoms with Crippen LogP contribution in [0.15, 0.2) is 0 Å². The quantitative estimate of drug-likeness (QED) is 0.753. The maximum absolute atomic E-state index is 3.55. The first kappa shape index (κ1) is 13.0. The van der Waals surface area contributed by atoms with Crippen molar-refractivity contribution in [1.82, 2.24) is 10.2 Å². The molecule has 0 saturated carbocycles. The summed E-state index contributed by atoms with van der Waals surface area (Å²) < 4.78 is 0. The minimum atomic E-state index is 0.392. The van der Waals surface area contributed by atoms with Crippen LogP contribution in [0.2, 0.25) is 0 Å². The van der Waals surface area contributed by atoms with Crippen LogP contribution in [0.5, 0.6) is 0 Å². The first-order chi connectivity index (χ1) is 6.91. The smallest absolute Gasteiger partial charge is 0.00676 e. The molecule has 0 bridgehead atoms. The maximum atomic E-state index is 3.55. The van der Waals surface area contributed by atoms with Crippen LogP contribution in [0.3, 0.4) is 0 Å². The first-order valence-electron chi connectivity index (χ1n) is 6.38. The zero-order valence-electron chi connectivity index (χ0n) is 11.1. The van der Waals surface area contributed by atoms with Gasteiger partial charge in [-0.25, -0.2) is 0 Å². The van der Waals surface area contributed by atoms with E-state index >= 15 is 0 Å². The van der Waals surface area contributed by atoms with Crippen LogP contribution < -0.4 is 5.32 Å². The van der Waals surface area contributed by atoms with Crippen molar-refractivity contribution in [3.05, 3.63) is 0 Å². The number of nitrogens with zero attached hydrogens (tertiary/aromatic N) is 1. The van der Waals surface area contributed by atoms with Gasteiger partial charge in [-0.15, -0.1) is 0 Å². The van der Waals surface area contributed by atoms with Gasteiger partial charge in [0.15, 0.2) is 0 Å². The molecule has 1 aliphatic rings. The zero-order chi connectivity index (χ0) is 11.5. The Hall–Kier alpha value is -0.0800. The third-order valence-electron chi connectivity index (χ3n) is 3.31. The zero-order valence-corrected chi connectivity index (χ0v) is 11.1. The first-order valence-corrected chi connectivity index (χ1v) is 6.38.